The maximum Gasteiger partial charge on any atom is 0.0992 e. The molecular formula is C16H10ClN3. The first-order chi connectivity index (χ1) is 9.78. The highest BCUT2D eigenvalue weighted by atomic mass is 35.5. The van der Waals surface area contributed by atoms with Crippen LogP contribution in [0.4, 0.5) is 11.4 Å². The largest absolute Gasteiger partial charge is 0.354 e. The summed E-state index contributed by atoms with van der Waals surface area (Å²) in [5.74, 6) is 0. The average Bonchev–Trinajstić information content (AvgIpc) is 2.51. The summed E-state index contributed by atoms with van der Waals surface area (Å²) >= 11 is 6.17. The molecular weight excluding hydrogens is 270 g/mol. The number of nitrogens with zero attached hydrogens (tertiary/aromatic N) is 2. The Hall–Kier alpha value is -2.57. The van der Waals surface area contributed by atoms with Crippen LogP contribution >= 0.6 is 11.6 Å². The number of fused-ring (bicyclic) bond motifs is 1. The van der Waals surface area contributed by atoms with Gasteiger partial charge in [-0.25, -0.2) is 0 Å². The summed E-state index contributed by atoms with van der Waals surface area (Å²) in [6.45, 7) is 0. The lowest BCUT2D eigenvalue weighted by molar-refractivity contribution is 1.40. The minimum Gasteiger partial charge on any atom is -0.354 e. The minimum absolute atomic E-state index is 0.612. The maximum atomic E-state index is 8.93. The second-order valence-electron chi connectivity index (χ2n) is 4.31. The monoisotopic (exact) mass is 279 g/mol. The molecule has 1 aromatic heterocycles. The molecule has 96 valence electrons. The Morgan fingerprint density at radius 1 is 1.10 bits per heavy atom. The zero-order valence-corrected chi connectivity index (χ0v) is 11.2. The van der Waals surface area contributed by atoms with Crippen LogP contribution in [0.1, 0.15) is 5.56 Å². The lowest BCUT2D eigenvalue weighted by atomic mass is 10.1. The number of pyridine rings is 1. The van der Waals surface area contributed by atoms with E-state index in [1.54, 1.807) is 18.3 Å². The normalized spacial score (nSPS) is 10.2. The summed E-state index contributed by atoms with van der Waals surface area (Å²) < 4.78 is 0. The second-order valence-corrected chi connectivity index (χ2v) is 4.72. The van der Waals surface area contributed by atoms with Crippen molar-refractivity contribution in [1.82, 2.24) is 4.98 Å². The van der Waals surface area contributed by atoms with E-state index in [-0.39, 0.29) is 0 Å². The first-order valence-electron chi connectivity index (χ1n) is 6.08. The highest BCUT2D eigenvalue weighted by Gasteiger charge is 2.06. The van der Waals surface area contributed by atoms with Gasteiger partial charge in [-0.15, -0.1) is 0 Å². The highest BCUT2D eigenvalue weighted by molar-refractivity contribution is 6.35. The van der Waals surface area contributed by atoms with Crippen molar-refractivity contribution in [3.05, 3.63) is 65.3 Å². The summed E-state index contributed by atoms with van der Waals surface area (Å²) in [6.07, 6.45) is 1.73. The Kier molecular flexibility index (Phi) is 3.24. The number of nitrogens with one attached hydrogen (secondary N) is 1. The molecule has 0 amide bonds. The van der Waals surface area contributed by atoms with Crippen LogP contribution in [0.25, 0.3) is 10.9 Å². The predicted octanol–water partition coefficient (Wildman–Crippen LogP) is 4.50. The van der Waals surface area contributed by atoms with Crippen LogP contribution in [0.5, 0.6) is 0 Å². The molecule has 0 aliphatic heterocycles. The van der Waals surface area contributed by atoms with Crippen molar-refractivity contribution in [2.24, 2.45) is 0 Å². The van der Waals surface area contributed by atoms with Crippen molar-refractivity contribution in [1.29, 1.82) is 5.26 Å². The number of anilines is 2. The van der Waals surface area contributed by atoms with E-state index in [0.717, 1.165) is 22.3 Å². The van der Waals surface area contributed by atoms with E-state index in [4.69, 9.17) is 16.9 Å². The van der Waals surface area contributed by atoms with E-state index < -0.39 is 0 Å². The molecule has 0 aliphatic rings. The molecule has 0 spiro atoms. The van der Waals surface area contributed by atoms with E-state index in [9.17, 15) is 0 Å². The van der Waals surface area contributed by atoms with Crippen LogP contribution in [0, 0.1) is 11.3 Å². The van der Waals surface area contributed by atoms with Gasteiger partial charge >= 0.3 is 0 Å². The lowest BCUT2D eigenvalue weighted by Crippen LogP contribution is -1.93. The molecule has 0 saturated carbocycles. The molecule has 3 rings (SSSR count). The molecule has 0 atom stereocenters. The molecule has 2 aromatic carbocycles. The SMILES string of the molecule is N#Cc1cccc(Nc2ccc(Cl)c3cccnc23)c1. The standard InChI is InChI=1S/C16H10ClN3/c17-14-6-7-15(16-13(14)5-2-8-19-16)20-12-4-1-3-11(9-12)10-18/h1-9,20H. The van der Waals surface area contributed by atoms with E-state index in [1.165, 1.54) is 0 Å². The van der Waals surface area contributed by atoms with Crippen LogP contribution in [-0.4, -0.2) is 4.98 Å². The summed E-state index contributed by atoms with van der Waals surface area (Å²) in [6, 6.07) is 16.9. The van der Waals surface area contributed by atoms with Crippen LogP contribution < -0.4 is 5.32 Å². The zero-order valence-electron chi connectivity index (χ0n) is 10.5. The topological polar surface area (TPSA) is 48.7 Å². The van der Waals surface area contributed by atoms with E-state index >= 15 is 0 Å². The van der Waals surface area contributed by atoms with Crippen molar-refractivity contribution in [2.45, 2.75) is 0 Å². The lowest BCUT2D eigenvalue weighted by Gasteiger charge is -2.10. The van der Waals surface area contributed by atoms with Gasteiger partial charge in [0.1, 0.15) is 0 Å². The number of halogens is 1. The molecule has 1 N–H and O–H groups in total. The van der Waals surface area contributed by atoms with Gasteiger partial charge in [-0.05, 0) is 42.5 Å². The molecule has 1 heterocycles. The zero-order chi connectivity index (χ0) is 13.9. The molecule has 0 fully saturated rings. The van der Waals surface area contributed by atoms with Crippen molar-refractivity contribution in [3.63, 3.8) is 0 Å². The number of nitriles is 1. The summed E-state index contributed by atoms with van der Waals surface area (Å²) in [7, 11) is 0. The fraction of sp³-hybridized carbons (Fsp3) is 0. The average molecular weight is 280 g/mol. The molecule has 0 radical (unpaired) electrons. The third-order valence-electron chi connectivity index (χ3n) is 2.99. The first-order valence-corrected chi connectivity index (χ1v) is 6.46. The summed E-state index contributed by atoms with van der Waals surface area (Å²) in [5, 5.41) is 13.8. The van der Waals surface area contributed by atoms with Crippen LogP contribution in [-0.2, 0) is 0 Å². The van der Waals surface area contributed by atoms with E-state index in [2.05, 4.69) is 16.4 Å². The van der Waals surface area contributed by atoms with E-state index in [1.807, 2.05) is 36.4 Å². The van der Waals surface area contributed by atoms with Crippen molar-refractivity contribution in [2.75, 3.05) is 5.32 Å². The number of hydrogen-bond acceptors (Lipinski definition) is 3. The van der Waals surface area contributed by atoms with Gasteiger partial charge in [-0.2, -0.15) is 5.26 Å². The van der Waals surface area contributed by atoms with Gasteiger partial charge in [0.25, 0.3) is 0 Å². The molecule has 0 unspecified atom stereocenters. The second kappa shape index (κ2) is 5.20. The number of benzene rings is 2. The Labute approximate surface area is 121 Å². The third kappa shape index (κ3) is 2.29. The Morgan fingerprint density at radius 3 is 2.85 bits per heavy atom. The van der Waals surface area contributed by atoms with Gasteiger partial charge in [-0.1, -0.05) is 17.7 Å². The van der Waals surface area contributed by atoms with Crippen molar-refractivity contribution in [3.8, 4) is 6.07 Å². The fourth-order valence-electron chi connectivity index (χ4n) is 2.06. The van der Waals surface area contributed by atoms with Gasteiger partial charge in [0, 0.05) is 17.3 Å². The number of hydrogen-bond donors (Lipinski definition) is 1. The Morgan fingerprint density at radius 2 is 2.00 bits per heavy atom. The Balaban J connectivity index is 2.07. The first kappa shape index (κ1) is 12.5. The van der Waals surface area contributed by atoms with Crippen LogP contribution in [0.3, 0.4) is 0 Å². The van der Waals surface area contributed by atoms with E-state index in [0.29, 0.717) is 10.6 Å². The van der Waals surface area contributed by atoms with Gasteiger partial charge in [0.15, 0.2) is 0 Å². The number of rotatable bonds is 2. The summed E-state index contributed by atoms with van der Waals surface area (Å²) in [4.78, 5) is 4.37. The van der Waals surface area contributed by atoms with Crippen LogP contribution in [0.15, 0.2) is 54.7 Å². The summed E-state index contributed by atoms with van der Waals surface area (Å²) in [5.41, 5.74) is 3.13. The molecule has 0 aliphatic carbocycles. The molecule has 20 heavy (non-hydrogen) atoms. The minimum atomic E-state index is 0.612. The molecule has 0 bridgehead atoms. The highest BCUT2D eigenvalue weighted by Crippen LogP contribution is 2.30. The van der Waals surface area contributed by atoms with Crippen molar-refractivity contribution >= 4 is 33.9 Å². The van der Waals surface area contributed by atoms with Crippen molar-refractivity contribution < 1.29 is 0 Å². The van der Waals surface area contributed by atoms with Gasteiger partial charge in [0.05, 0.1) is 27.9 Å². The fourth-order valence-corrected chi connectivity index (χ4v) is 2.28. The Bertz CT molecular complexity index is 821. The maximum absolute atomic E-state index is 8.93. The number of aromatic nitrogens is 1. The van der Waals surface area contributed by atoms with Gasteiger partial charge in [-0.3, -0.25) is 4.98 Å². The molecule has 3 nitrogen and oxygen atoms in total. The smallest absolute Gasteiger partial charge is 0.0992 e. The molecule has 3 aromatic rings. The quantitative estimate of drug-likeness (QED) is 0.751. The van der Waals surface area contributed by atoms with Gasteiger partial charge < -0.3 is 5.32 Å². The van der Waals surface area contributed by atoms with Gasteiger partial charge in [0.2, 0.25) is 0 Å². The predicted molar refractivity (Wildman–Crippen MR) is 81.2 cm³/mol. The molecule has 4 heteroatoms. The third-order valence-corrected chi connectivity index (χ3v) is 3.32. The van der Waals surface area contributed by atoms with Crippen LogP contribution in [0.2, 0.25) is 5.02 Å². The molecule has 0 saturated heterocycles.